The number of nitrogen functional groups attached to an aromatic ring is 1. The van der Waals surface area contributed by atoms with Crippen molar-refractivity contribution in [3.63, 3.8) is 0 Å². The number of hydrogen-bond donors (Lipinski definition) is 2. The Hall–Kier alpha value is -1.02. The Morgan fingerprint density at radius 2 is 2.17 bits per heavy atom. The third-order valence-electron chi connectivity index (χ3n) is 2.70. The van der Waals surface area contributed by atoms with Gasteiger partial charge in [0.25, 0.3) is 0 Å². The van der Waals surface area contributed by atoms with Crippen molar-refractivity contribution in [2.75, 3.05) is 5.73 Å². The van der Waals surface area contributed by atoms with Crippen molar-refractivity contribution in [1.29, 1.82) is 0 Å². The average Bonchev–Trinajstić information content (AvgIpc) is 2.42. The minimum atomic E-state index is 0.167. The minimum Gasteiger partial charge on any atom is -0.398 e. The lowest BCUT2D eigenvalue weighted by atomic mass is 10.0. The molecule has 1 aliphatic rings. The second kappa shape index (κ2) is 2.49. The van der Waals surface area contributed by atoms with Crippen LogP contribution in [0, 0.1) is 6.92 Å². The fourth-order valence-electron chi connectivity index (χ4n) is 2.01. The maximum absolute atomic E-state index is 5.94. The number of fused-ring (bicyclic) bond motifs is 1. The summed E-state index contributed by atoms with van der Waals surface area (Å²) in [5.41, 5.74) is 16.5. The lowest BCUT2D eigenvalue weighted by molar-refractivity contribution is 0.714. The molecule has 2 heteroatoms. The van der Waals surface area contributed by atoms with E-state index >= 15 is 0 Å². The zero-order valence-corrected chi connectivity index (χ0v) is 7.30. The summed E-state index contributed by atoms with van der Waals surface area (Å²) in [6.07, 6.45) is 2.14. The van der Waals surface area contributed by atoms with Crippen LogP contribution in [0.2, 0.25) is 0 Å². The van der Waals surface area contributed by atoms with Crippen LogP contribution < -0.4 is 11.5 Å². The summed E-state index contributed by atoms with van der Waals surface area (Å²) in [5.74, 6) is 0. The largest absolute Gasteiger partial charge is 0.398 e. The molecule has 1 aromatic carbocycles. The number of rotatable bonds is 0. The first kappa shape index (κ1) is 7.62. The second-order valence-electron chi connectivity index (χ2n) is 3.51. The van der Waals surface area contributed by atoms with Crippen LogP contribution in [0.3, 0.4) is 0 Å². The van der Waals surface area contributed by atoms with E-state index in [4.69, 9.17) is 11.5 Å². The van der Waals surface area contributed by atoms with Crippen molar-refractivity contribution in [3.05, 3.63) is 28.8 Å². The predicted molar refractivity (Wildman–Crippen MR) is 50.8 cm³/mol. The monoisotopic (exact) mass is 162 g/mol. The van der Waals surface area contributed by atoms with Crippen molar-refractivity contribution in [2.24, 2.45) is 5.73 Å². The molecule has 0 saturated carbocycles. The fourth-order valence-corrected chi connectivity index (χ4v) is 2.01. The fraction of sp³-hybridized carbons (Fsp3) is 0.400. The molecule has 0 saturated heterocycles. The molecular formula is C10H14N2. The molecule has 0 spiro atoms. The molecule has 64 valence electrons. The van der Waals surface area contributed by atoms with Crippen molar-refractivity contribution in [2.45, 2.75) is 25.8 Å². The van der Waals surface area contributed by atoms with Crippen LogP contribution in [0.25, 0.3) is 0 Å². The van der Waals surface area contributed by atoms with Crippen molar-refractivity contribution >= 4 is 5.69 Å². The lowest BCUT2D eigenvalue weighted by Crippen LogP contribution is -2.08. The molecule has 0 fully saturated rings. The van der Waals surface area contributed by atoms with Gasteiger partial charge in [-0.15, -0.1) is 0 Å². The molecule has 0 amide bonds. The maximum Gasteiger partial charge on any atom is 0.0365 e. The zero-order valence-electron chi connectivity index (χ0n) is 7.30. The molecule has 4 N–H and O–H groups in total. The summed E-state index contributed by atoms with van der Waals surface area (Å²) in [6, 6.07) is 4.20. The molecule has 12 heavy (non-hydrogen) atoms. The molecule has 0 aromatic heterocycles. The first-order chi connectivity index (χ1) is 5.70. The standard InChI is InChI=1S/C10H14N2/c1-6-2-4-8(11)10-7(6)3-5-9(10)12/h2,4,9H,3,5,11-12H2,1H3. The van der Waals surface area contributed by atoms with Gasteiger partial charge in [0.1, 0.15) is 0 Å². The Morgan fingerprint density at radius 3 is 2.83 bits per heavy atom. The third kappa shape index (κ3) is 0.916. The zero-order chi connectivity index (χ0) is 8.72. The lowest BCUT2D eigenvalue weighted by Gasteiger charge is -2.09. The van der Waals surface area contributed by atoms with E-state index in [1.165, 1.54) is 16.7 Å². The van der Waals surface area contributed by atoms with Crippen LogP contribution in [-0.4, -0.2) is 0 Å². The molecule has 0 bridgehead atoms. The summed E-state index contributed by atoms with van der Waals surface area (Å²) in [5, 5.41) is 0. The molecule has 2 nitrogen and oxygen atoms in total. The Balaban J connectivity index is 2.64. The molecule has 1 atom stereocenters. The number of hydrogen-bond acceptors (Lipinski definition) is 2. The first-order valence-corrected chi connectivity index (χ1v) is 4.33. The highest BCUT2D eigenvalue weighted by atomic mass is 14.7. The Kier molecular flexibility index (Phi) is 1.58. The van der Waals surface area contributed by atoms with E-state index in [-0.39, 0.29) is 6.04 Å². The van der Waals surface area contributed by atoms with Gasteiger partial charge in [0.05, 0.1) is 0 Å². The van der Waals surface area contributed by atoms with Crippen LogP contribution >= 0.6 is 0 Å². The van der Waals surface area contributed by atoms with Gasteiger partial charge in [0.2, 0.25) is 0 Å². The first-order valence-electron chi connectivity index (χ1n) is 4.33. The second-order valence-corrected chi connectivity index (χ2v) is 3.51. The summed E-state index contributed by atoms with van der Waals surface area (Å²) in [6.45, 7) is 2.12. The van der Waals surface area contributed by atoms with Crippen LogP contribution in [0.4, 0.5) is 5.69 Å². The number of aryl methyl sites for hydroxylation is 1. The van der Waals surface area contributed by atoms with E-state index in [0.717, 1.165) is 18.5 Å². The van der Waals surface area contributed by atoms with Gasteiger partial charge in [0, 0.05) is 11.7 Å². The van der Waals surface area contributed by atoms with Crippen LogP contribution in [0.5, 0.6) is 0 Å². The average molecular weight is 162 g/mol. The highest BCUT2D eigenvalue weighted by Gasteiger charge is 2.22. The third-order valence-corrected chi connectivity index (χ3v) is 2.70. The molecule has 1 unspecified atom stereocenters. The SMILES string of the molecule is Cc1ccc(N)c2c1CCC2N. The van der Waals surface area contributed by atoms with Gasteiger partial charge in [-0.25, -0.2) is 0 Å². The van der Waals surface area contributed by atoms with Crippen molar-refractivity contribution < 1.29 is 0 Å². The van der Waals surface area contributed by atoms with Crippen LogP contribution in [-0.2, 0) is 6.42 Å². The molecule has 0 radical (unpaired) electrons. The predicted octanol–water partition coefficient (Wildman–Crippen LogP) is 1.52. The van der Waals surface area contributed by atoms with Crippen molar-refractivity contribution in [1.82, 2.24) is 0 Å². The topological polar surface area (TPSA) is 52.0 Å². The molecule has 2 rings (SSSR count). The highest BCUT2D eigenvalue weighted by molar-refractivity contribution is 5.57. The number of nitrogens with two attached hydrogens (primary N) is 2. The van der Waals surface area contributed by atoms with E-state index in [9.17, 15) is 0 Å². The normalized spacial score (nSPS) is 21.0. The van der Waals surface area contributed by atoms with Gasteiger partial charge in [-0.05, 0) is 42.5 Å². The van der Waals surface area contributed by atoms with E-state index in [1.807, 2.05) is 6.07 Å². The van der Waals surface area contributed by atoms with Crippen LogP contribution in [0.1, 0.15) is 29.2 Å². The van der Waals surface area contributed by atoms with E-state index < -0.39 is 0 Å². The van der Waals surface area contributed by atoms with Gasteiger partial charge in [-0.2, -0.15) is 0 Å². The summed E-state index contributed by atoms with van der Waals surface area (Å²) >= 11 is 0. The van der Waals surface area contributed by atoms with E-state index in [0.29, 0.717) is 0 Å². The van der Waals surface area contributed by atoms with E-state index in [1.54, 1.807) is 0 Å². The number of benzene rings is 1. The van der Waals surface area contributed by atoms with Crippen LogP contribution in [0.15, 0.2) is 12.1 Å². The quantitative estimate of drug-likeness (QED) is 0.568. The highest BCUT2D eigenvalue weighted by Crippen LogP contribution is 2.35. The van der Waals surface area contributed by atoms with Gasteiger partial charge in [-0.3, -0.25) is 0 Å². The summed E-state index contributed by atoms with van der Waals surface area (Å²) < 4.78 is 0. The van der Waals surface area contributed by atoms with Crippen molar-refractivity contribution in [3.8, 4) is 0 Å². The molecule has 0 heterocycles. The van der Waals surface area contributed by atoms with E-state index in [2.05, 4.69) is 13.0 Å². The molecule has 1 aromatic rings. The summed E-state index contributed by atoms with van der Waals surface area (Å²) in [7, 11) is 0. The Labute approximate surface area is 72.6 Å². The summed E-state index contributed by atoms with van der Waals surface area (Å²) in [4.78, 5) is 0. The minimum absolute atomic E-state index is 0.167. The van der Waals surface area contributed by atoms with Gasteiger partial charge >= 0.3 is 0 Å². The van der Waals surface area contributed by atoms with Gasteiger partial charge < -0.3 is 11.5 Å². The smallest absolute Gasteiger partial charge is 0.0365 e. The number of anilines is 1. The van der Waals surface area contributed by atoms with Gasteiger partial charge in [-0.1, -0.05) is 6.07 Å². The molecule has 0 aliphatic heterocycles. The Morgan fingerprint density at radius 1 is 1.42 bits per heavy atom. The molecular weight excluding hydrogens is 148 g/mol. The van der Waals surface area contributed by atoms with Gasteiger partial charge in [0.15, 0.2) is 0 Å². The molecule has 1 aliphatic carbocycles. The Bertz CT molecular complexity index is 318. The maximum atomic E-state index is 5.94.